The number of nitrogens with one attached hydrogen (secondary N) is 9. The maximum Gasteiger partial charge on any atom is 0.248 e. The van der Waals surface area contributed by atoms with Crippen LogP contribution in [0.5, 0.6) is 69.0 Å². The second-order valence-corrected chi connectivity index (χ2v) is 36.1. The molecule has 25 N–H and O–H groups in total. The fraction of sp³-hybridized carbons (Fsp3) is 0.452. The minimum absolute atomic E-state index is 0.0334. The van der Waals surface area contributed by atoms with Crippen molar-refractivity contribution >= 4 is 76.4 Å². The molecule has 17 bridgehead atoms. The maximum atomic E-state index is 17.2. The van der Waals surface area contributed by atoms with E-state index in [1.54, 1.807) is 19.0 Å². The van der Waals surface area contributed by atoms with Crippen molar-refractivity contribution in [3.63, 3.8) is 0 Å². The second kappa shape index (κ2) is 43.9. The Kier molecular flexibility index (Phi) is 32.4. The first kappa shape index (κ1) is 102. The van der Waals surface area contributed by atoms with Gasteiger partial charge in [-0.15, -0.1) is 0 Å². The molecule has 0 aromatic heterocycles. The van der Waals surface area contributed by atoms with E-state index in [2.05, 4.69) is 61.7 Å². The van der Waals surface area contributed by atoms with Crippen LogP contribution in [0.1, 0.15) is 141 Å². The minimum Gasteiger partial charge on any atom is -0.508 e. The van der Waals surface area contributed by atoms with Crippen molar-refractivity contribution < 1.29 is 157 Å². The van der Waals surface area contributed by atoms with Crippen LogP contribution >= 0.6 is 23.2 Å². The van der Waals surface area contributed by atoms with E-state index in [4.69, 9.17) is 71.6 Å². The Bertz CT molecular complexity index is 5710. The third-order valence-electron chi connectivity index (χ3n) is 24.5. The number of phenols is 4. The number of halogens is 2. The van der Waals surface area contributed by atoms with Crippen LogP contribution in [-0.4, -0.2) is 281 Å². The summed E-state index contributed by atoms with van der Waals surface area (Å²) in [5.74, 6) is -17.6. The van der Waals surface area contributed by atoms with Crippen molar-refractivity contribution in [2.24, 2.45) is 11.7 Å². The maximum absolute atomic E-state index is 17.2. The number of nitrogens with zero attached hydrogens (tertiary/aromatic N) is 1. The number of nitrogens with two attached hydrogens (primary N) is 1. The molecule has 3 fully saturated rings. The number of hydrogen-bond acceptors (Lipinski definition) is 34. The average Bonchev–Trinajstić information content (AvgIpc) is 0.752. The molecule has 9 heterocycles. The van der Waals surface area contributed by atoms with Gasteiger partial charge >= 0.3 is 0 Å². The molecule has 3 saturated heterocycles. The van der Waals surface area contributed by atoms with E-state index < -0.39 is 304 Å². The number of aliphatic hydroxyl groups is 10. The number of rotatable bonds is 23. The lowest BCUT2D eigenvalue weighted by Gasteiger charge is -2.44. The lowest BCUT2D eigenvalue weighted by molar-refractivity contribution is -0.284. The second-order valence-electron chi connectivity index (χ2n) is 35.3. The number of aromatic hydroxyl groups is 4. The molecule has 43 nitrogen and oxygen atoms in total. The van der Waals surface area contributed by atoms with Gasteiger partial charge in [0.05, 0.1) is 29.9 Å². The van der Waals surface area contributed by atoms with Crippen molar-refractivity contribution in [3.8, 4) is 80.1 Å². The molecule has 0 unspecified atom stereocenters. The third kappa shape index (κ3) is 22.9. The minimum atomic E-state index is -2.52. The van der Waals surface area contributed by atoms with E-state index in [1.807, 2.05) is 0 Å². The molecule has 23 atom stereocenters. The number of ether oxygens (including phenoxy) is 9. The molecule has 9 aliphatic heterocycles. The standard InChI is InChI=1S/C93H109Cl2N11O32/c1-38(2)11-8-6-7-9-12-65(115)100-73-79(120)76(117)63(36-108)135-92(73)138-83-60-30-45-31-61(83)132-57-20-16-43(28-52(57)95)82(137-91-72(98-39(3)110)78(119)75(116)62(35-107)134-91)74-90(129)104-71(86(125)97-21-10-22-106(4)5)50-33-47(112)34-59(133-93-81(122)80(121)77(118)64(37-109)136-93)66(50)49-27-42(15-17-54(49)113)68(87(126)105-74)102-89(128)70(45)103-88(127)69-44-25-46(111)32-48(26-44)130-58-29-41(14-18-55(58)114)67(96)85(124)99-53(84(123)101-69)24-40-13-19-56(131-60)51(94)23-40/h13-20,23,25-34,38,53,62-64,67-82,91-93,107-109,111-114,116-122H,6-12,21-22,24,35-37,96H2,1-5H3,(H,97,125)(H,98,110)(H,99,124)(H,100,115)(H,101,123)(H,102,128)(H,103,127)(H,104,129)(H,105,126)/t53-,62+,63+,64-,67-,68-,69+,70-,71+,72+,73+,74+,75-,76-,77-,78-,79-,80-,81+,82-,91+,92+,93+/m1/s1. The van der Waals surface area contributed by atoms with E-state index >= 15 is 28.8 Å². The van der Waals surface area contributed by atoms with Gasteiger partial charge in [0.15, 0.2) is 29.3 Å². The molecule has 138 heavy (non-hydrogen) atoms. The Morgan fingerprint density at radius 3 is 1.72 bits per heavy atom. The normalized spacial score (nSPS) is 28.2. The highest BCUT2D eigenvalue weighted by molar-refractivity contribution is 6.32. The first-order valence-electron chi connectivity index (χ1n) is 44.5. The van der Waals surface area contributed by atoms with Crippen LogP contribution in [0.25, 0.3) is 11.1 Å². The summed E-state index contributed by atoms with van der Waals surface area (Å²) in [6.07, 6.45) is -25.4. The fourth-order valence-electron chi connectivity index (χ4n) is 17.2. The zero-order valence-electron chi connectivity index (χ0n) is 74.9. The summed E-state index contributed by atoms with van der Waals surface area (Å²) in [4.78, 5) is 143. The molecule has 0 radical (unpaired) electrons. The molecule has 7 aromatic rings. The van der Waals surface area contributed by atoms with Gasteiger partial charge < -0.3 is 173 Å². The van der Waals surface area contributed by atoms with E-state index in [9.17, 15) is 85.9 Å². The zero-order chi connectivity index (χ0) is 99.3. The van der Waals surface area contributed by atoms with E-state index in [0.29, 0.717) is 25.3 Å². The quantitative estimate of drug-likeness (QED) is 0.0397. The van der Waals surface area contributed by atoms with Crippen molar-refractivity contribution in [1.82, 2.24) is 52.8 Å². The molecule has 9 aliphatic rings. The van der Waals surface area contributed by atoms with Crippen molar-refractivity contribution in [2.75, 3.05) is 47.0 Å². The Hall–Kier alpha value is -12.1. The first-order chi connectivity index (χ1) is 65.8. The number of carbonyl (C=O) groups excluding carboxylic acids is 9. The SMILES string of the molecule is CC(=O)N[C@@H]1[C@H](O[C@@H]2c3ccc(c(Cl)c3)Oc3cc4cc(c3O[C@@H]3O[C@@H](CO)[C@@H](O)[C@H](O)[C@@H]3NC(=O)CCCCCCC(C)C)Oc3ccc(cc3Cl)C[C@H]3NC(=O)[C@H](N)c5ccc(O)c(c5)Oc5cc(O)cc(c5)[C@H](NC3=O)C(=O)N[C@H]4C(=O)N[C@H]3C(=O)N[C@@H]2C(=O)N[C@H](C(=O)NCCCN(C)C)c2cc(O)cc(O[C@H]4O[C@H](CO)[C@@H](O)[C@@H](O)[C@@H]4O)c2-c2cc3ccc2O)O[C@@H](CO)[C@@H](O)[C@@H]1O. The molecule has 9 amide bonds. The number of hydrogen-bond donors (Lipinski definition) is 24. The molecule has 45 heteroatoms. The number of unbranched alkanes of at least 4 members (excludes halogenated alkanes) is 3. The summed E-state index contributed by atoms with van der Waals surface area (Å²) in [6.45, 7) is 2.23. The summed E-state index contributed by atoms with van der Waals surface area (Å²) >= 11 is 14.9. The Morgan fingerprint density at radius 2 is 1.08 bits per heavy atom. The molecule has 0 aliphatic carbocycles. The third-order valence-corrected chi connectivity index (χ3v) is 25.1. The van der Waals surface area contributed by atoms with Gasteiger partial charge in [-0.3, -0.25) is 43.2 Å². The number of carbonyl (C=O) groups is 9. The lowest BCUT2D eigenvalue weighted by Crippen LogP contribution is -2.65. The average molecular weight is 1960 g/mol. The number of benzene rings is 7. The summed E-state index contributed by atoms with van der Waals surface area (Å²) in [7, 11) is 3.48. The molecule has 16 rings (SSSR count). The van der Waals surface area contributed by atoms with Gasteiger partial charge in [-0.1, -0.05) is 87.0 Å². The Labute approximate surface area is 798 Å². The highest BCUT2D eigenvalue weighted by Crippen LogP contribution is 2.51. The number of phenolic OH excluding ortho intramolecular Hbond substituents is 4. The molecule has 0 saturated carbocycles. The van der Waals surface area contributed by atoms with Crippen molar-refractivity contribution in [3.05, 3.63) is 164 Å². The van der Waals surface area contributed by atoms with Gasteiger partial charge in [0.2, 0.25) is 71.5 Å². The van der Waals surface area contributed by atoms with Crippen LogP contribution in [-0.2, 0) is 68.5 Å². The number of aliphatic hydroxyl groups excluding tert-OH is 10. The van der Waals surface area contributed by atoms with E-state index in [-0.39, 0.29) is 63.9 Å². The van der Waals surface area contributed by atoms with Gasteiger partial charge in [0, 0.05) is 49.6 Å². The molecular weight excluding hydrogens is 1850 g/mol. The fourth-order valence-corrected chi connectivity index (χ4v) is 17.7. The highest BCUT2D eigenvalue weighted by Gasteiger charge is 2.52. The smallest absolute Gasteiger partial charge is 0.248 e. The van der Waals surface area contributed by atoms with Crippen LogP contribution < -0.4 is 77.3 Å². The molecule has 742 valence electrons. The van der Waals surface area contributed by atoms with Gasteiger partial charge in [-0.05, 0) is 157 Å². The topological polar surface area (TPSA) is 657 Å². The zero-order valence-corrected chi connectivity index (χ0v) is 76.4. The number of amides is 9. The highest BCUT2D eigenvalue weighted by atomic mass is 35.5. The Balaban J connectivity index is 1.05. The summed E-state index contributed by atoms with van der Waals surface area (Å²) in [5, 5.41) is 184. The van der Waals surface area contributed by atoms with Crippen LogP contribution in [0.2, 0.25) is 10.0 Å². The van der Waals surface area contributed by atoms with Gasteiger partial charge in [-0.25, -0.2) is 0 Å². The monoisotopic (exact) mass is 1960 g/mol. The Morgan fingerprint density at radius 1 is 0.514 bits per heavy atom. The largest absolute Gasteiger partial charge is 0.508 e. The van der Waals surface area contributed by atoms with E-state index in [0.717, 1.165) is 111 Å². The summed E-state index contributed by atoms with van der Waals surface area (Å²) in [6, 6.07) is 1.95. The first-order valence-corrected chi connectivity index (χ1v) is 45.3. The molecular formula is C93H109Cl2N11O32. The van der Waals surface area contributed by atoms with Crippen LogP contribution in [0.3, 0.4) is 0 Å². The predicted octanol–water partition coefficient (Wildman–Crippen LogP) is 1.00. The summed E-state index contributed by atoms with van der Waals surface area (Å²) < 4.78 is 58.2. The van der Waals surface area contributed by atoms with Crippen molar-refractivity contribution in [1.29, 1.82) is 0 Å². The molecule has 7 aromatic carbocycles. The van der Waals surface area contributed by atoms with E-state index in [1.165, 1.54) is 30.3 Å². The summed E-state index contributed by atoms with van der Waals surface area (Å²) in [5.41, 5.74) is 3.43. The van der Waals surface area contributed by atoms with Crippen LogP contribution in [0.15, 0.2) is 115 Å². The lowest BCUT2D eigenvalue weighted by atomic mass is 9.89. The van der Waals surface area contributed by atoms with Crippen molar-refractivity contribution in [2.45, 2.75) is 213 Å². The van der Waals surface area contributed by atoms with Crippen LogP contribution in [0.4, 0.5) is 0 Å². The predicted molar refractivity (Wildman–Crippen MR) is 482 cm³/mol. The molecule has 0 spiro atoms. The van der Waals surface area contributed by atoms with Crippen LogP contribution in [0, 0.1) is 5.92 Å². The van der Waals surface area contributed by atoms with Gasteiger partial charge in [0.1, 0.15) is 162 Å². The van der Waals surface area contributed by atoms with Gasteiger partial charge in [-0.2, -0.15) is 0 Å². The number of fused-ring (bicyclic) bond motifs is 14. The van der Waals surface area contributed by atoms with Gasteiger partial charge in [0.25, 0.3) is 0 Å².